The lowest BCUT2D eigenvalue weighted by molar-refractivity contribution is 0.398. The van der Waals surface area contributed by atoms with Gasteiger partial charge in [0.25, 0.3) is 0 Å². The highest BCUT2D eigenvalue weighted by Gasteiger charge is 2.27. The van der Waals surface area contributed by atoms with E-state index in [4.69, 9.17) is 5.14 Å². The molecule has 6 nitrogen and oxygen atoms in total. The molecule has 146 valence electrons. The number of sulfonamides is 2. The van der Waals surface area contributed by atoms with Crippen molar-refractivity contribution in [2.24, 2.45) is 5.14 Å². The second-order valence-electron chi connectivity index (χ2n) is 6.95. The van der Waals surface area contributed by atoms with Crippen LogP contribution < -0.4 is 5.14 Å². The summed E-state index contributed by atoms with van der Waals surface area (Å²) >= 11 is 0. The van der Waals surface area contributed by atoms with E-state index >= 15 is 0 Å². The maximum atomic E-state index is 13.1. The summed E-state index contributed by atoms with van der Waals surface area (Å²) in [6.07, 6.45) is 4.13. The van der Waals surface area contributed by atoms with Gasteiger partial charge in [0.15, 0.2) is 0 Å². The predicted octanol–water partition coefficient (Wildman–Crippen LogP) is 2.59. The molecule has 3 rings (SSSR count). The summed E-state index contributed by atoms with van der Waals surface area (Å²) < 4.78 is 50.2. The van der Waals surface area contributed by atoms with E-state index in [1.165, 1.54) is 29.0 Å². The van der Waals surface area contributed by atoms with Crippen molar-refractivity contribution < 1.29 is 16.8 Å². The quantitative estimate of drug-likeness (QED) is 0.822. The molecule has 0 heterocycles. The smallest absolute Gasteiger partial charge is 0.225 e. The molecule has 1 unspecified atom stereocenters. The summed E-state index contributed by atoms with van der Waals surface area (Å²) in [5.74, 6) is 0. The van der Waals surface area contributed by atoms with E-state index in [1.54, 1.807) is 31.2 Å². The zero-order chi connectivity index (χ0) is 19.8. The van der Waals surface area contributed by atoms with Crippen LogP contribution in [0.1, 0.15) is 42.5 Å². The van der Waals surface area contributed by atoms with Gasteiger partial charge in [-0.2, -0.15) is 4.31 Å². The maximum absolute atomic E-state index is 13.1. The summed E-state index contributed by atoms with van der Waals surface area (Å²) in [7, 11) is -5.91. The lowest BCUT2D eigenvalue weighted by Gasteiger charge is -2.26. The van der Waals surface area contributed by atoms with Gasteiger partial charge in [0.1, 0.15) is 0 Å². The Morgan fingerprint density at radius 1 is 0.889 bits per heavy atom. The van der Waals surface area contributed by atoms with Crippen LogP contribution in [0.5, 0.6) is 0 Å². The summed E-state index contributed by atoms with van der Waals surface area (Å²) in [5, 5.41) is 5.11. The minimum Gasteiger partial charge on any atom is -0.225 e. The molecule has 0 amide bonds. The van der Waals surface area contributed by atoms with Crippen molar-refractivity contribution >= 4 is 20.0 Å². The third kappa shape index (κ3) is 4.08. The largest absolute Gasteiger partial charge is 0.243 e. The van der Waals surface area contributed by atoms with Gasteiger partial charge in [0, 0.05) is 13.1 Å². The van der Waals surface area contributed by atoms with E-state index in [-0.39, 0.29) is 4.90 Å². The van der Waals surface area contributed by atoms with E-state index < -0.39 is 26.1 Å². The molecule has 8 heteroatoms. The topological polar surface area (TPSA) is 97.5 Å². The monoisotopic (exact) mass is 408 g/mol. The van der Waals surface area contributed by atoms with Crippen LogP contribution in [-0.2, 0) is 32.9 Å². The van der Waals surface area contributed by atoms with Crippen molar-refractivity contribution in [3.63, 3.8) is 0 Å². The third-order valence-corrected chi connectivity index (χ3v) is 8.09. The van der Waals surface area contributed by atoms with Crippen LogP contribution in [-0.4, -0.2) is 28.2 Å². The molecule has 27 heavy (non-hydrogen) atoms. The molecule has 0 saturated heterocycles. The highest BCUT2D eigenvalue weighted by atomic mass is 32.2. The molecule has 0 saturated carbocycles. The predicted molar refractivity (Wildman–Crippen MR) is 104 cm³/mol. The van der Waals surface area contributed by atoms with Gasteiger partial charge in [-0.05, 0) is 73.6 Å². The number of primary sulfonamides is 1. The number of nitrogens with two attached hydrogens (primary N) is 1. The van der Waals surface area contributed by atoms with Crippen molar-refractivity contribution in [2.75, 3.05) is 7.05 Å². The van der Waals surface area contributed by atoms with Crippen LogP contribution in [0.25, 0.3) is 0 Å². The second-order valence-corrected chi connectivity index (χ2v) is 10.5. The molecule has 2 aromatic rings. The van der Waals surface area contributed by atoms with Crippen LogP contribution in [0, 0.1) is 0 Å². The SMILES string of the molecule is CC(c1ccc(S(N)(=O)=O)cc1)N(C)S(=O)(=O)c1ccc2c(c1)CCCC2. The number of rotatable bonds is 5. The first-order valence-electron chi connectivity index (χ1n) is 8.83. The van der Waals surface area contributed by atoms with Gasteiger partial charge in [-0.3, -0.25) is 0 Å². The summed E-state index contributed by atoms with van der Waals surface area (Å²) in [4.78, 5) is 0.289. The minimum atomic E-state index is -3.78. The van der Waals surface area contributed by atoms with Crippen LogP contribution >= 0.6 is 0 Å². The highest BCUT2D eigenvalue weighted by Crippen LogP contribution is 2.29. The molecule has 0 radical (unpaired) electrons. The molecular weight excluding hydrogens is 384 g/mol. The standard InChI is InChI=1S/C19H24N2O4S2/c1-14(15-7-10-18(11-8-15)26(20,22)23)21(2)27(24,25)19-12-9-16-5-3-4-6-17(16)13-19/h7-14H,3-6H2,1-2H3,(H2,20,22,23). The van der Waals surface area contributed by atoms with Gasteiger partial charge in [-0.15, -0.1) is 0 Å². The van der Waals surface area contributed by atoms with E-state index in [2.05, 4.69) is 0 Å². The van der Waals surface area contributed by atoms with E-state index in [1.807, 2.05) is 6.07 Å². The minimum absolute atomic E-state index is 0.00125. The van der Waals surface area contributed by atoms with Crippen molar-refractivity contribution in [1.82, 2.24) is 4.31 Å². The summed E-state index contributed by atoms with van der Waals surface area (Å²) in [6, 6.07) is 10.9. The van der Waals surface area contributed by atoms with Gasteiger partial charge in [-0.25, -0.2) is 22.0 Å². The van der Waals surface area contributed by atoms with E-state index in [0.717, 1.165) is 31.2 Å². The van der Waals surface area contributed by atoms with Crippen molar-refractivity contribution in [1.29, 1.82) is 0 Å². The Labute approximate surface area is 161 Å². The Morgan fingerprint density at radius 2 is 1.44 bits per heavy atom. The molecule has 2 aromatic carbocycles. The van der Waals surface area contributed by atoms with Gasteiger partial charge in [-0.1, -0.05) is 18.2 Å². The fourth-order valence-corrected chi connectivity index (χ4v) is 5.31. The number of aryl methyl sites for hydroxylation is 2. The Balaban J connectivity index is 1.88. The fraction of sp³-hybridized carbons (Fsp3) is 0.368. The number of fused-ring (bicyclic) bond motifs is 1. The van der Waals surface area contributed by atoms with Gasteiger partial charge < -0.3 is 0 Å². The summed E-state index contributed by atoms with van der Waals surface area (Å²) in [6.45, 7) is 1.77. The third-order valence-electron chi connectivity index (χ3n) is 5.23. The van der Waals surface area contributed by atoms with Crippen LogP contribution in [0.15, 0.2) is 52.3 Å². The summed E-state index contributed by atoms with van der Waals surface area (Å²) in [5.41, 5.74) is 3.03. The molecule has 0 aromatic heterocycles. The molecular formula is C19H24N2O4S2. The Kier molecular flexibility index (Phi) is 5.45. The first-order valence-corrected chi connectivity index (χ1v) is 11.8. The Morgan fingerprint density at radius 3 is 2.04 bits per heavy atom. The molecule has 0 aliphatic heterocycles. The molecule has 2 N–H and O–H groups in total. The molecule has 0 spiro atoms. The molecule has 1 aliphatic carbocycles. The molecule has 1 atom stereocenters. The lowest BCUT2D eigenvalue weighted by Crippen LogP contribution is -2.30. The highest BCUT2D eigenvalue weighted by molar-refractivity contribution is 7.89. The Hall–Kier alpha value is -1.74. The zero-order valence-corrected chi connectivity index (χ0v) is 17.1. The van der Waals surface area contributed by atoms with Crippen molar-refractivity contribution in [3.05, 3.63) is 59.2 Å². The Bertz CT molecular complexity index is 1050. The first kappa shape index (κ1) is 20.0. The molecule has 1 aliphatic rings. The second kappa shape index (κ2) is 7.35. The van der Waals surface area contributed by atoms with Crippen LogP contribution in [0.4, 0.5) is 0 Å². The average molecular weight is 409 g/mol. The number of benzene rings is 2. The number of hydrogen-bond acceptors (Lipinski definition) is 4. The lowest BCUT2D eigenvalue weighted by atomic mass is 9.92. The van der Waals surface area contributed by atoms with Crippen molar-refractivity contribution in [3.8, 4) is 0 Å². The van der Waals surface area contributed by atoms with E-state index in [0.29, 0.717) is 10.5 Å². The first-order chi connectivity index (χ1) is 12.6. The van der Waals surface area contributed by atoms with Gasteiger partial charge >= 0.3 is 0 Å². The zero-order valence-electron chi connectivity index (χ0n) is 15.4. The van der Waals surface area contributed by atoms with Crippen LogP contribution in [0.2, 0.25) is 0 Å². The van der Waals surface area contributed by atoms with Crippen molar-refractivity contribution in [2.45, 2.75) is 48.4 Å². The number of hydrogen-bond donors (Lipinski definition) is 1. The van der Waals surface area contributed by atoms with E-state index in [9.17, 15) is 16.8 Å². The van der Waals surface area contributed by atoms with Gasteiger partial charge in [0.2, 0.25) is 20.0 Å². The van der Waals surface area contributed by atoms with Crippen LogP contribution in [0.3, 0.4) is 0 Å². The average Bonchev–Trinajstić information content (AvgIpc) is 2.65. The fourth-order valence-electron chi connectivity index (χ4n) is 3.39. The maximum Gasteiger partial charge on any atom is 0.243 e. The van der Waals surface area contributed by atoms with Gasteiger partial charge in [0.05, 0.1) is 9.79 Å². The molecule has 0 bridgehead atoms. The number of nitrogens with zero attached hydrogens (tertiary/aromatic N) is 1. The molecule has 0 fully saturated rings. The normalized spacial score (nSPS) is 16.1.